The first-order chi connectivity index (χ1) is 4.72. The molecule has 0 radical (unpaired) electrons. The van der Waals surface area contributed by atoms with Crippen LogP contribution in [-0.4, -0.2) is 30.7 Å². The van der Waals surface area contributed by atoms with E-state index in [-0.39, 0.29) is 6.04 Å². The van der Waals surface area contributed by atoms with Crippen LogP contribution in [0.3, 0.4) is 0 Å². The average Bonchev–Trinajstić information content (AvgIpc) is 2.25. The molecule has 2 heteroatoms. The predicted molar refractivity (Wildman–Crippen MR) is 43.0 cm³/mol. The Balaban J connectivity index is 0.000000371. The number of nitrogens with zero attached hydrogens (tertiary/aromatic N) is 1. The van der Waals surface area contributed by atoms with Crippen LogP contribution in [0.4, 0.5) is 4.39 Å². The Morgan fingerprint density at radius 2 is 1.90 bits per heavy atom. The molecule has 0 amide bonds. The summed E-state index contributed by atoms with van der Waals surface area (Å²) in [6.07, 6.45) is 0.137. The van der Waals surface area contributed by atoms with Gasteiger partial charge in [0.2, 0.25) is 0 Å². The van der Waals surface area contributed by atoms with Crippen molar-refractivity contribution in [1.82, 2.24) is 4.90 Å². The maximum Gasteiger partial charge on any atom is 0.116 e. The van der Waals surface area contributed by atoms with Crippen LogP contribution in [0.15, 0.2) is 0 Å². The molecule has 1 heterocycles. The molecule has 1 fully saturated rings. The highest BCUT2D eigenvalue weighted by Gasteiger charge is 2.26. The smallest absolute Gasteiger partial charge is 0.116 e. The molecule has 0 aromatic rings. The standard InChI is InChI=1S/C6H12FN.C2H6/c1-5-6(7)3-4-8(5)2;1-2/h5-6H,3-4H2,1-2H3;1-2H3. The van der Waals surface area contributed by atoms with Gasteiger partial charge in [-0.25, -0.2) is 4.39 Å². The van der Waals surface area contributed by atoms with Crippen LogP contribution in [-0.2, 0) is 0 Å². The van der Waals surface area contributed by atoms with Crippen LogP contribution in [0.5, 0.6) is 0 Å². The molecular formula is C8H18FN. The second-order valence-corrected chi connectivity index (χ2v) is 2.53. The molecule has 2 unspecified atom stereocenters. The van der Waals surface area contributed by atoms with E-state index in [4.69, 9.17) is 0 Å². The van der Waals surface area contributed by atoms with Crippen LogP contribution in [0.1, 0.15) is 27.2 Å². The first-order valence-electron chi connectivity index (χ1n) is 4.06. The molecule has 0 aliphatic carbocycles. The predicted octanol–water partition coefficient (Wildman–Crippen LogP) is 2.07. The summed E-state index contributed by atoms with van der Waals surface area (Å²) in [7, 11) is 1.96. The summed E-state index contributed by atoms with van der Waals surface area (Å²) < 4.78 is 12.5. The molecule has 1 aliphatic rings. The van der Waals surface area contributed by atoms with E-state index < -0.39 is 6.17 Å². The number of hydrogen-bond donors (Lipinski definition) is 0. The summed E-state index contributed by atoms with van der Waals surface area (Å²) in [5.74, 6) is 0. The highest BCUT2D eigenvalue weighted by Crippen LogP contribution is 2.17. The van der Waals surface area contributed by atoms with E-state index in [0.717, 1.165) is 13.0 Å². The maximum absolute atomic E-state index is 12.5. The fourth-order valence-electron chi connectivity index (χ4n) is 1.05. The minimum absolute atomic E-state index is 0.148. The molecule has 0 aromatic heterocycles. The third-order valence-electron chi connectivity index (χ3n) is 1.98. The van der Waals surface area contributed by atoms with Gasteiger partial charge in [-0.05, 0) is 20.4 Å². The summed E-state index contributed by atoms with van der Waals surface area (Å²) in [5.41, 5.74) is 0. The molecule has 1 saturated heterocycles. The fourth-order valence-corrected chi connectivity index (χ4v) is 1.05. The molecule has 0 spiro atoms. The van der Waals surface area contributed by atoms with Crippen molar-refractivity contribution >= 4 is 0 Å². The third-order valence-corrected chi connectivity index (χ3v) is 1.98. The van der Waals surface area contributed by atoms with Gasteiger partial charge in [0.25, 0.3) is 0 Å². The minimum Gasteiger partial charge on any atom is -0.301 e. The molecular weight excluding hydrogens is 129 g/mol. The number of hydrogen-bond acceptors (Lipinski definition) is 1. The summed E-state index contributed by atoms with van der Waals surface area (Å²) in [4.78, 5) is 2.05. The molecule has 0 aromatic carbocycles. The van der Waals surface area contributed by atoms with E-state index in [1.54, 1.807) is 0 Å². The summed E-state index contributed by atoms with van der Waals surface area (Å²) in [5, 5.41) is 0. The Morgan fingerprint density at radius 3 is 2.00 bits per heavy atom. The largest absolute Gasteiger partial charge is 0.301 e. The van der Waals surface area contributed by atoms with Crippen LogP contribution in [0.25, 0.3) is 0 Å². The topological polar surface area (TPSA) is 3.24 Å². The van der Waals surface area contributed by atoms with Crippen molar-refractivity contribution in [3.8, 4) is 0 Å². The summed E-state index contributed by atoms with van der Waals surface area (Å²) in [6.45, 7) is 6.85. The highest BCUT2D eigenvalue weighted by atomic mass is 19.1. The first kappa shape index (κ1) is 9.89. The monoisotopic (exact) mass is 147 g/mol. The van der Waals surface area contributed by atoms with E-state index >= 15 is 0 Å². The lowest BCUT2D eigenvalue weighted by atomic mass is 10.2. The van der Waals surface area contributed by atoms with Crippen LogP contribution >= 0.6 is 0 Å². The molecule has 0 N–H and O–H groups in total. The van der Waals surface area contributed by atoms with Crippen molar-refractivity contribution in [2.24, 2.45) is 0 Å². The Bertz CT molecular complexity index is 75.3. The van der Waals surface area contributed by atoms with Crippen molar-refractivity contribution in [3.63, 3.8) is 0 Å². The fraction of sp³-hybridized carbons (Fsp3) is 1.00. The molecule has 1 aliphatic heterocycles. The molecule has 0 saturated carbocycles. The maximum atomic E-state index is 12.5. The van der Waals surface area contributed by atoms with Crippen molar-refractivity contribution in [2.75, 3.05) is 13.6 Å². The Hall–Kier alpha value is -0.110. The van der Waals surface area contributed by atoms with Gasteiger partial charge >= 0.3 is 0 Å². The van der Waals surface area contributed by atoms with E-state index in [9.17, 15) is 4.39 Å². The Labute approximate surface area is 63.2 Å². The third kappa shape index (κ3) is 2.25. The van der Waals surface area contributed by atoms with E-state index in [0.29, 0.717) is 0 Å². The summed E-state index contributed by atoms with van der Waals surface area (Å²) in [6, 6.07) is 0.148. The quantitative estimate of drug-likeness (QED) is 0.507. The zero-order chi connectivity index (χ0) is 8.15. The number of likely N-dealkylation sites (tertiary alicyclic amines) is 1. The van der Waals surface area contributed by atoms with E-state index in [1.165, 1.54) is 0 Å². The van der Waals surface area contributed by atoms with Gasteiger partial charge in [0, 0.05) is 12.6 Å². The van der Waals surface area contributed by atoms with Crippen molar-refractivity contribution in [3.05, 3.63) is 0 Å². The number of rotatable bonds is 0. The van der Waals surface area contributed by atoms with Crippen LogP contribution in [0, 0.1) is 0 Å². The first-order valence-corrected chi connectivity index (χ1v) is 4.06. The Kier molecular flexibility index (Phi) is 4.62. The Morgan fingerprint density at radius 1 is 1.40 bits per heavy atom. The van der Waals surface area contributed by atoms with Crippen molar-refractivity contribution in [1.29, 1.82) is 0 Å². The van der Waals surface area contributed by atoms with E-state index in [1.807, 2.05) is 32.7 Å². The van der Waals surface area contributed by atoms with Gasteiger partial charge in [-0.15, -0.1) is 0 Å². The highest BCUT2D eigenvalue weighted by molar-refractivity contribution is 4.80. The van der Waals surface area contributed by atoms with Gasteiger partial charge < -0.3 is 4.90 Å². The van der Waals surface area contributed by atoms with Crippen LogP contribution in [0.2, 0.25) is 0 Å². The van der Waals surface area contributed by atoms with Gasteiger partial charge in [-0.2, -0.15) is 0 Å². The SMILES string of the molecule is CC.CC1C(F)CCN1C. The second kappa shape index (κ2) is 4.67. The van der Waals surface area contributed by atoms with Gasteiger partial charge in [0.15, 0.2) is 0 Å². The van der Waals surface area contributed by atoms with Crippen molar-refractivity contribution < 1.29 is 4.39 Å². The van der Waals surface area contributed by atoms with Crippen LogP contribution < -0.4 is 0 Å². The molecule has 1 nitrogen and oxygen atoms in total. The average molecular weight is 147 g/mol. The lowest BCUT2D eigenvalue weighted by Crippen LogP contribution is -2.26. The zero-order valence-electron chi connectivity index (χ0n) is 7.39. The zero-order valence-corrected chi connectivity index (χ0v) is 7.39. The molecule has 62 valence electrons. The van der Waals surface area contributed by atoms with Gasteiger partial charge in [-0.3, -0.25) is 0 Å². The normalized spacial score (nSPS) is 33.3. The number of alkyl halides is 1. The van der Waals surface area contributed by atoms with E-state index in [2.05, 4.69) is 0 Å². The summed E-state index contributed by atoms with van der Waals surface area (Å²) >= 11 is 0. The lowest BCUT2D eigenvalue weighted by molar-refractivity contribution is 0.239. The molecule has 10 heavy (non-hydrogen) atoms. The second-order valence-electron chi connectivity index (χ2n) is 2.53. The van der Waals surface area contributed by atoms with Gasteiger partial charge in [0.1, 0.15) is 6.17 Å². The number of halogens is 1. The molecule has 2 atom stereocenters. The molecule has 0 bridgehead atoms. The lowest BCUT2D eigenvalue weighted by Gasteiger charge is -2.14. The minimum atomic E-state index is -0.583. The van der Waals surface area contributed by atoms with Gasteiger partial charge in [0.05, 0.1) is 0 Å². The van der Waals surface area contributed by atoms with Crippen molar-refractivity contribution in [2.45, 2.75) is 39.4 Å². The molecule has 1 rings (SSSR count). The van der Waals surface area contributed by atoms with Gasteiger partial charge in [-0.1, -0.05) is 13.8 Å².